The first-order valence-corrected chi connectivity index (χ1v) is 6.10. The van der Waals surface area contributed by atoms with Crippen molar-refractivity contribution in [1.29, 1.82) is 0 Å². The van der Waals surface area contributed by atoms with Crippen molar-refractivity contribution < 1.29 is 24.4 Å². The lowest BCUT2D eigenvalue weighted by Gasteiger charge is -2.30. The molecule has 1 aromatic rings. The van der Waals surface area contributed by atoms with Crippen molar-refractivity contribution in [1.82, 2.24) is 0 Å². The van der Waals surface area contributed by atoms with E-state index in [0.717, 1.165) is 11.3 Å². The number of methoxy groups -OCH3 is 1. The fourth-order valence-electron chi connectivity index (χ4n) is 1.85. The Morgan fingerprint density at radius 3 is 2.63 bits per heavy atom. The molecule has 1 heterocycles. The Labute approximate surface area is 112 Å². The number of benzene rings is 1. The minimum atomic E-state index is -0.867. The van der Waals surface area contributed by atoms with Crippen molar-refractivity contribution in [2.24, 2.45) is 0 Å². The predicted molar refractivity (Wildman–Crippen MR) is 68.7 cm³/mol. The molecule has 2 rings (SSSR count). The molecule has 3 atom stereocenters. The standard InChI is InChI=1S/C14H18O5/c1-17-11-4-2-10(3-5-11)9-19-12-6-7-18-13(8-15)14(12)16/h2-7,12-16H,8-9H2,1H3/t12-,13-,14-/m1/s1. The van der Waals surface area contributed by atoms with Gasteiger partial charge in [-0.3, -0.25) is 0 Å². The largest absolute Gasteiger partial charge is 0.497 e. The molecule has 0 saturated heterocycles. The van der Waals surface area contributed by atoms with Gasteiger partial charge in [0.1, 0.15) is 24.1 Å². The van der Waals surface area contributed by atoms with Crippen LogP contribution < -0.4 is 4.74 Å². The second-order valence-corrected chi connectivity index (χ2v) is 4.30. The summed E-state index contributed by atoms with van der Waals surface area (Å²) in [4.78, 5) is 0. The van der Waals surface area contributed by atoms with Crippen molar-refractivity contribution in [3.8, 4) is 5.75 Å². The Balaban J connectivity index is 1.90. The molecule has 1 aromatic carbocycles. The third-order valence-corrected chi connectivity index (χ3v) is 3.02. The highest BCUT2D eigenvalue weighted by molar-refractivity contribution is 5.26. The second-order valence-electron chi connectivity index (χ2n) is 4.30. The van der Waals surface area contributed by atoms with Crippen LogP contribution in [0.1, 0.15) is 5.56 Å². The lowest BCUT2D eigenvalue weighted by Crippen LogP contribution is -2.43. The van der Waals surface area contributed by atoms with E-state index in [2.05, 4.69) is 0 Å². The highest BCUT2D eigenvalue weighted by Gasteiger charge is 2.30. The maximum absolute atomic E-state index is 9.91. The van der Waals surface area contributed by atoms with Gasteiger partial charge in [0.25, 0.3) is 0 Å². The molecule has 0 unspecified atom stereocenters. The lowest BCUT2D eigenvalue weighted by molar-refractivity contribution is -0.106. The Morgan fingerprint density at radius 1 is 1.26 bits per heavy atom. The van der Waals surface area contributed by atoms with Crippen LogP contribution in [0.5, 0.6) is 5.75 Å². The molecule has 2 N–H and O–H groups in total. The average molecular weight is 266 g/mol. The third kappa shape index (κ3) is 3.47. The van der Waals surface area contributed by atoms with Gasteiger partial charge in [0.2, 0.25) is 0 Å². The zero-order valence-electron chi connectivity index (χ0n) is 10.7. The van der Waals surface area contributed by atoms with E-state index >= 15 is 0 Å². The molecule has 0 amide bonds. The van der Waals surface area contributed by atoms with Crippen LogP contribution in [0.2, 0.25) is 0 Å². The molecule has 19 heavy (non-hydrogen) atoms. The normalized spacial score (nSPS) is 25.9. The van der Waals surface area contributed by atoms with Gasteiger partial charge in [-0.2, -0.15) is 0 Å². The second kappa shape index (κ2) is 6.56. The minimum Gasteiger partial charge on any atom is -0.497 e. The first-order valence-electron chi connectivity index (χ1n) is 6.10. The van der Waals surface area contributed by atoms with Gasteiger partial charge < -0.3 is 24.4 Å². The van der Waals surface area contributed by atoms with E-state index in [-0.39, 0.29) is 6.61 Å². The molecule has 0 bridgehead atoms. The fourth-order valence-corrected chi connectivity index (χ4v) is 1.85. The highest BCUT2D eigenvalue weighted by Crippen LogP contribution is 2.18. The third-order valence-electron chi connectivity index (χ3n) is 3.02. The molecule has 104 valence electrons. The molecule has 0 saturated carbocycles. The molecule has 0 fully saturated rings. The Morgan fingerprint density at radius 2 is 2.00 bits per heavy atom. The average Bonchev–Trinajstić information content (AvgIpc) is 2.47. The summed E-state index contributed by atoms with van der Waals surface area (Å²) in [5.41, 5.74) is 0.980. The molecule has 1 aliphatic heterocycles. The van der Waals surface area contributed by atoms with E-state index in [9.17, 15) is 5.11 Å². The molecule has 5 heteroatoms. The molecule has 0 aliphatic carbocycles. The Bertz CT molecular complexity index is 414. The lowest BCUT2D eigenvalue weighted by atomic mass is 10.1. The van der Waals surface area contributed by atoms with Crippen LogP contribution in [0.3, 0.4) is 0 Å². The van der Waals surface area contributed by atoms with Gasteiger partial charge in [-0.05, 0) is 23.8 Å². The van der Waals surface area contributed by atoms with E-state index in [4.69, 9.17) is 19.3 Å². The van der Waals surface area contributed by atoms with Gasteiger partial charge >= 0.3 is 0 Å². The topological polar surface area (TPSA) is 68.2 Å². The highest BCUT2D eigenvalue weighted by atomic mass is 16.5. The minimum absolute atomic E-state index is 0.242. The van der Waals surface area contributed by atoms with Crippen molar-refractivity contribution in [2.45, 2.75) is 24.9 Å². The van der Waals surface area contributed by atoms with Crippen LogP contribution in [0, 0.1) is 0 Å². The van der Waals surface area contributed by atoms with E-state index < -0.39 is 18.3 Å². The predicted octanol–water partition coefficient (Wildman–Crippen LogP) is 0.846. The van der Waals surface area contributed by atoms with Crippen molar-refractivity contribution in [2.75, 3.05) is 13.7 Å². The summed E-state index contributed by atoms with van der Waals surface area (Å²) in [5, 5.41) is 18.9. The van der Waals surface area contributed by atoms with Gasteiger partial charge in [-0.15, -0.1) is 0 Å². The summed E-state index contributed by atoms with van der Waals surface area (Å²) >= 11 is 0. The summed E-state index contributed by atoms with van der Waals surface area (Å²) in [5.74, 6) is 0.787. The maximum atomic E-state index is 9.91. The Kier molecular flexibility index (Phi) is 4.79. The van der Waals surface area contributed by atoms with Crippen LogP contribution in [0.15, 0.2) is 36.6 Å². The summed E-state index contributed by atoms with van der Waals surface area (Å²) < 4.78 is 15.8. The van der Waals surface area contributed by atoms with E-state index in [0.29, 0.717) is 6.61 Å². The zero-order chi connectivity index (χ0) is 13.7. The zero-order valence-corrected chi connectivity index (χ0v) is 10.7. The van der Waals surface area contributed by atoms with Crippen LogP contribution >= 0.6 is 0 Å². The molecular formula is C14H18O5. The van der Waals surface area contributed by atoms with E-state index in [1.54, 1.807) is 13.2 Å². The molecule has 0 aromatic heterocycles. The summed E-state index contributed by atoms with van der Waals surface area (Å²) in [7, 11) is 1.61. The number of hydrogen-bond donors (Lipinski definition) is 2. The number of aliphatic hydroxyl groups excluding tert-OH is 2. The number of aliphatic hydroxyl groups is 2. The maximum Gasteiger partial charge on any atom is 0.149 e. The van der Waals surface area contributed by atoms with E-state index in [1.807, 2.05) is 24.3 Å². The number of hydrogen-bond acceptors (Lipinski definition) is 5. The van der Waals surface area contributed by atoms with Gasteiger partial charge in [0.15, 0.2) is 0 Å². The Hall–Kier alpha value is -1.56. The van der Waals surface area contributed by atoms with Crippen LogP contribution in [-0.2, 0) is 16.1 Å². The number of rotatable bonds is 5. The van der Waals surface area contributed by atoms with Crippen molar-refractivity contribution >= 4 is 0 Å². The van der Waals surface area contributed by atoms with Gasteiger partial charge in [0, 0.05) is 0 Å². The van der Waals surface area contributed by atoms with Crippen molar-refractivity contribution in [3.63, 3.8) is 0 Å². The fraction of sp³-hybridized carbons (Fsp3) is 0.429. The SMILES string of the molecule is COc1ccc(CO[C@@H]2C=CO[C@H](CO)[C@@H]2O)cc1. The van der Waals surface area contributed by atoms with Crippen molar-refractivity contribution in [3.05, 3.63) is 42.2 Å². The first kappa shape index (κ1) is 13.9. The summed E-state index contributed by atoms with van der Waals surface area (Å²) in [6.07, 6.45) is 1.11. The molecule has 0 radical (unpaired) electrons. The van der Waals surface area contributed by atoms with Gasteiger partial charge in [-0.1, -0.05) is 12.1 Å². The molecule has 0 spiro atoms. The van der Waals surface area contributed by atoms with Gasteiger partial charge in [0.05, 0.1) is 26.6 Å². The van der Waals surface area contributed by atoms with Crippen LogP contribution in [0.25, 0.3) is 0 Å². The molecular weight excluding hydrogens is 248 g/mol. The van der Waals surface area contributed by atoms with Crippen LogP contribution in [-0.4, -0.2) is 42.2 Å². The smallest absolute Gasteiger partial charge is 0.149 e. The van der Waals surface area contributed by atoms with E-state index in [1.165, 1.54) is 6.26 Å². The van der Waals surface area contributed by atoms with Gasteiger partial charge in [-0.25, -0.2) is 0 Å². The summed E-state index contributed by atoms with van der Waals surface area (Å²) in [6, 6.07) is 7.51. The number of ether oxygens (including phenoxy) is 3. The molecule has 5 nitrogen and oxygen atoms in total. The monoisotopic (exact) mass is 266 g/mol. The summed E-state index contributed by atoms with van der Waals surface area (Å²) in [6.45, 7) is 0.127. The first-order chi connectivity index (χ1) is 9.24. The molecule has 1 aliphatic rings. The quantitative estimate of drug-likeness (QED) is 0.827. The van der Waals surface area contributed by atoms with Crippen LogP contribution in [0.4, 0.5) is 0 Å².